The third-order valence-corrected chi connectivity index (χ3v) is 4.40. The number of rotatable bonds is 5. The highest BCUT2D eigenvalue weighted by Crippen LogP contribution is 2.25. The zero-order chi connectivity index (χ0) is 15.2. The van der Waals surface area contributed by atoms with Crippen LogP contribution in [0.3, 0.4) is 0 Å². The van der Waals surface area contributed by atoms with E-state index in [1.54, 1.807) is 0 Å². The zero-order valence-electron chi connectivity index (χ0n) is 13.0. The molecule has 0 aromatic heterocycles. The number of hydrogen-bond donors (Lipinski definition) is 1. The number of carbonyl (C=O) groups excluding carboxylic acids is 2. The van der Waals surface area contributed by atoms with Crippen molar-refractivity contribution in [3.63, 3.8) is 0 Å². The van der Waals surface area contributed by atoms with Crippen molar-refractivity contribution >= 4 is 11.8 Å². The van der Waals surface area contributed by atoms with Gasteiger partial charge in [0, 0.05) is 24.9 Å². The lowest BCUT2D eigenvalue weighted by Gasteiger charge is -2.34. The van der Waals surface area contributed by atoms with Gasteiger partial charge in [0.1, 0.15) is 0 Å². The van der Waals surface area contributed by atoms with E-state index in [0.717, 1.165) is 19.3 Å². The molecule has 2 aliphatic heterocycles. The highest BCUT2D eigenvalue weighted by atomic mass is 16.7. The van der Waals surface area contributed by atoms with Crippen LogP contribution in [0.25, 0.3) is 0 Å². The summed E-state index contributed by atoms with van der Waals surface area (Å²) < 4.78 is 11.0. The van der Waals surface area contributed by atoms with E-state index in [1.807, 2.05) is 18.7 Å². The molecule has 21 heavy (non-hydrogen) atoms. The Bertz CT molecular complexity index is 361. The minimum Gasteiger partial charge on any atom is -0.350 e. The number of nitrogens with one attached hydrogen (secondary N) is 1. The van der Waals surface area contributed by atoms with Crippen LogP contribution in [0.2, 0.25) is 0 Å². The number of carbonyl (C=O) groups is 2. The van der Waals surface area contributed by atoms with Crippen molar-refractivity contribution in [2.75, 3.05) is 32.8 Å². The Kier molecular flexibility index (Phi) is 5.99. The van der Waals surface area contributed by atoms with E-state index in [0.29, 0.717) is 32.2 Å². The molecule has 6 heteroatoms. The summed E-state index contributed by atoms with van der Waals surface area (Å²) in [5, 5.41) is 2.72. The molecule has 2 aliphatic rings. The molecule has 2 fully saturated rings. The van der Waals surface area contributed by atoms with E-state index in [-0.39, 0.29) is 30.6 Å². The Morgan fingerprint density at radius 2 is 1.86 bits per heavy atom. The molecule has 0 saturated carbocycles. The molecular formula is C15H26N2O4. The summed E-state index contributed by atoms with van der Waals surface area (Å²) in [5.74, 6) is 0.290. The monoisotopic (exact) mass is 298 g/mol. The lowest BCUT2D eigenvalue weighted by Crippen LogP contribution is -2.46. The molecule has 1 atom stereocenters. The third kappa shape index (κ3) is 4.41. The summed E-state index contributed by atoms with van der Waals surface area (Å²) >= 11 is 0. The van der Waals surface area contributed by atoms with Crippen LogP contribution < -0.4 is 5.32 Å². The van der Waals surface area contributed by atoms with Crippen molar-refractivity contribution in [3.05, 3.63) is 0 Å². The van der Waals surface area contributed by atoms with Crippen LogP contribution in [0.5, 0.6) is 0 Å². The van der Waals surface area contributed by atoms with Gasteiger partial charge in [0.2, 0.25) is 11.8 Å². The number of amides is 2. The van der Waals surface area contributed by atoms with Crippen LogP contribution in [0, 0.1) is 11.8 Å². The van der Waals surface area contributed by atoms with Crippen molar-refractivity contribution in [1.29, 1.82) is 0 Å². The zero-order valence-corrected chi connectivity index (χ0v) is 13.0. The number of hydrogen-bond acceptors (Lipinski definition) is 4. The summed E-state index contributed by atoms with van der Waals surface area (Å²) in [4.78, 5) is 25.6. The van der Waals surface area contributed by atoms with Crippen LogP contribution in [0.15, 0.2) is 0 Å². The second-order valence-electron chi connectivity index (χ2n) is 5.86. The Morgan fingerprint density at radius 3 is 2.43 bits per heavy atom. The van der Waals surface area contributed by atoms with Crippen LogP contribution >= 0.6 is 0 Å². The van der Waals surface area contributed by atoms with E-state index in [4.69, 9.17) is 9.47 Å². The molecule has 0 bridgehead atoms. The van der Waals surface area contributed by atoms with Crippen LogP contribution in [-0.4, -0.2) is 55.9 Å². The molecule has 1 N–H and O–H groups in total. The third-order valence-electron chi connectivity index (χ3n) is 4.40. The molecule has 0 aromatic rings. The molecule has 2 rings (SSSR count). The summed E-state index contributed by atoms with van der Waals surface area (Å²) in [6.45, 7) is 6.70. The Balaban J connectivity index is 1.69. The van der Waals surface area contributed by atoms with Crippen molar-refractivity contribution < 1.29 is 19.1 Å². The molecule has 0 radical (unpaired) electrons. The predicted molar refractivity (Wildman–Crippen MR) is 77.5 cm³/mol. The van der Waals surface area contributed by atoms with Gasteiger partial charge in [-0.15, -0.1) is 0 Å². The summed E-state index contributed by atoms with van der Waals surface area (Å²) in [6.07, 6.45) is 2.49. The van der Waals surface area contributed by atoms with Gasteiger partial charge in [0.25, 0.3) is 0 Å². The standard InChI is InChI=1S/C15H26N2O4/c1-3-11(2)14(19)16-10-13(18)17-6-4-12(5-7-17)15-20-8-9-21-15/h11-12,15H,3-10H2,1-2H3,(H,16,19). The SMILES string of the molecule is CCC(C)C(=O)NCC(=O)N1CCC(C2OCCO2)CC1. The maximum Gasteiger partial charge on any atom is 0.241 e. The first-order valence-electron chi connectivity index (χ1n) is 7.90. The van der Waals surface area contributed by atoms with Gasteiger partial charge in [-0.05, 0) is 19.3 Å². The lowest BCUT2D eigenvalue weighted by molar-refractivity contribution is -0.138. The molecule has 0 aliphatic carbocycles. The molecular weight excluding hydrogens is 272 g/mol. The number of likely N-dealkylation sites (tertiary alicyclic amines) is 1. The maximum absolute atomic E-state index is 12.1. The summed E-state index contributed by atoms with van der Waals surface area (Å²) in [7, 11) is 0. The molecule has 2 amide bonds. The highest BCUT2D eigenvalue weighted by Gasteiger charge is 2.31. The van der Waals surface area contributed by atoms with E-state index in [1.165, 1.54) is 0 Å². The van der Waals surface area contributed by atoms with E-state index >= 15 is 0 Å². The van der Waals surface area contributed by atoms with Gasteiger partial charge >= 0.3 is 0 Å². The minimum atomic E-state index is -0.0904. The van der Waals surface area contributed by atoms with Crippen LogP contribution in [0.1, 0.15) is 33.1 Å². The fraction of sp³-hybridized carbons (Fsp3) is 0.867. The van der Waals surface area contributed by atoms with E-state index in [2.05, 4.69) is 5.32 Å². The van der Waals surface area contributed by atoms with Gasteiger partial charge in [0.05, 0.1) is 19.8 Å². The van der Waals surface area contributed by atoms with Gasteiger partial charge in [-0.3, -0.25) is 9.59 Å². The molecule has 1 unspecified atom stereocenters. The average Bonchev–Trinajstić information content (AvgIpc) is 3.06. The predicted octanol–water partition coefficient (Wildman–Crippen LogP) is 0.760. The van der Waals surface area contributed by atoms with Gasteiger partial charge in [-0.2, -0.15) is 0 Å². The van der Waals surface area contributed by atoms with Crippen LogP contribution in [-0.2, 0) is 19.1 Å². The summed E-state index contributed by atoms with van der Waals surface area (Å²) in [5.41, 5.74) is 0. The quantitative estimate of drug-likeness (QED) is 0.814. The first-order chi connectivity index (χ1) is 10.1. The Hall–Kier alpha value is -1.14. The molecule has 6 nitrogen and oxygen atoms in total. The Morgan fingerprint density at radius 1 is 1.24 bits per heavy atom. The molecule has 0 spiro atoms. The normalized spacial score (nSPS) is 22.3. The largest absolute Gasteiger partial charge is 0.350 e. The van der Waals surface area contributed by atoms with E-state index in [9.17, 15) is 9.59 Å². The van der Waals surface area contributed by atoms with Gasteiger partial charge < -0.3 is 19.7 Å². The summed E-state index contributed by atoms with van der Waals surface area (Å²) in [6, 6.07) is 0. The van der Waals surface area contributed by atoms with Crippen LogP contribution in [0.4, 0.5) is 0 Å². The second-order valence-corrected chi connectivity index (χ2v) is 5.86. The second kappa shape index (κ2) is 7.75. The first kappa shape index (κ1) is 16.2. The van der Waals surface area contributed by atoms with Crippen molar-refractivity contribution in [3.8, 4) is 0 Å². The average molecular weight is 298 g/mol. The lowest BCUT2D eigenvalue weighted by atomic mass is 9.96. The fourth-order valence-electron chi connectivity index (χ4n) is 2.70. The van der Waals surface area contributed by atoms with Gasteiger partial charge in [-0.1, -0.05) is 13.8 Å². The fourth-order valence-corrected chi connectivity index (χ4v) is 2.70. The topological polar surface area (TPSA) is 67.9 Å². The molecule has 0 aromatic carbocycles. The Labute approximate surface area is 126 Å². The molecule has 2 heterocycles. The molecule has 120 valence electrons. The van der Waals surface area contributed by atoms with Gasteiger partial charge in [0.15, 0.2) is 6.29 Å². The number of nitrogens with zero attached hydrogens (tertiary/aromatic N) is 1. The molecule has 2 saturated heterocycles. The highest BCUT2D eigenvalue weighted by molar-refractivity contribution is 5.85. The maximum atomic E-state index is 12.1. The van der Waals surface area contributed by atoms with Crippen molar-refractivity contribution in [2.45, 2.75) is 39.4 Å². The number of ether oxygens (including phenoxy) is 2. The van der Waals surface area contributed by atoms with Crippen molar-refractivity contribution in [1.82, 2.24) is 10.2 Å². The number of piperidine rings is 1. The van der Waals surface area contributed by atoms with Gasteiger partial charge in [-0.25, -0.2) is 0 Å². The van der Waals surface area contributed by atoms with E-state index < -0.39 is 0 Å². The smallest absolute Gasteiger partial charge is 0.241 e. The first-order valence-corrected chi connectivity index (χ1v) is 7.90. The minimum absolute atomic E-state index is 0.00152. The van der Waals surface area contributed by atoms with Crippen molar-refractivity contribution in [2.24, 2.45) is 11.8 Å².